The molecule has 1 N–H and O–H groups in total. The Morgan fingerprint density at radius 2 is 1.97 bits per heavy atom. The number of rotatable bonds is 6. The van der Waals surface area contributed by atoms with Crippen LogP contribution in [0.5, 0.6) is 0 Å². The van der Waals surface area contributed by atoms with Crippen LogP contribution in [-0.2, 0) is 14.8 Å². The van der Waals surface area contributed by atoms with E-state index < -0.39 is 21.7 Å². The largest absolute Gasteiger partial charge is 0.346 e. The van der Waals surface area contributed by atoms with Crippen LogP contribution in [0.25, 0.3) is 16.6 Å². The first-order valence-corrected chi connectivity index (χ1v) is 11.7. The fourth-order valence-electron chi connectivity index (χ4n) is 4.00. The molecule has 0 bridgehead atoms. The van der Waals surface area contributed by atoms with E-state index in [9.17, 15) is 22.0 Å². The summed E-state index contributed by atoms with van der Waals surface area (Å²) >= 11 is 0. The van der Waals surface area contributed by atoms with Crippen LogP contribution in [0.4, 0.5) is 14.6 Å². The summed E-state index contributed by atoms with van der Waals surface area (Å²) in [5, 5.41) is 0.888. The molecule has 0 saturated heterocycles. The number of carbonyl (C=O) groups excluding carboxylic acids is 1. The average molecular weight is 458 g/mol. The third-order valence-corrected chi connectivity index (χ3v) is 7.74. The molecular formula is C22H20F2N4O3S. The molecule has 10 heteroatoms. The number of sulfonamides is 1. The number of pyridine rings is 1. The summed E-state index contributed by atoms with van der Waals surface area (Å²) in [7, 11) is -3.96. The highest BCUT2D eigenvalue weighted by atomic mass is 32.2. The van der Waals surface area contributed by atoms with Crippen molar-refractivity contribution in [3.63, 3.8) is 0 Å². The lowest BCUT2D eigenvalue weighted by Crippen LogP contribution is -2.34. The number of benzene rings is 1. The lowest BCUT2D eigenvalue weighted by Gasteiger charge is -2.26. The van der Waals surface area contributed by atoms with E-state index in [1.807, 2.05) is 18.2 Å². The number of aromatic nitrogens is 2. The molecule has 5 rings (SSSR count). The van der Waals surface area contributed by atoms with Gasteiger partial charge in [-0.25, -0.2) is 22.2 Å². The van der Waals surface area contributed by atoms with E-state index in [-0.39, 0.29) is 24.0 Å². The molecule has 2 aromatic heterocycles. The Morgan fingerprint density at radius 3 is 2.62 bits per heavy atom. The molecule has 1 aliphatic carbocycles. The quantitative estimate of drug-likeness (QED) is 0.574. The van der Waals surface area contributed by atoms with Crippen molar-refractivity contribution in [2.45, 2.75) is 30.2 Å². The standard InChI is InChI=1S/C22H20F2N4O3S/c23-19-4-3-16(11-20(19)24)32(30,31)27-9-6-14(7-10-27)18-12-21(28(13-29)15-1-2-15)26-22-17(18)5-8-25-22/h3-6,8,11-13,15H,1-2,7,9-10H2,(H,25,26). The van der Waals surface area contributed by atoms with Gasteiger partial charge < -0.3 is 4.98 Å². The minimum atomic E-state index is -3.96. The van der Waals surface area contributed by atoms with E-state index in [2.05, 4.69) is 9.97 Å². The summed E-state index contributed by atoms with van der Waals surface area (Å²) in [6.45, 7) is 0.289. The molecule has 0 atom stereocenters. The zero-order valence-electron chi connectivity index (χ0n) is 17.0. The molecule has 3 heterocycles. The summed E-state index contributed by atoms with van der Waals surface area (Å²) in [5.74, 6) is -1.73. The van der Waals surface area contributed by atoms with Crippen LogP contribution in [0.2, 0.25) is 0 Å². The predicted octanol–water partition coefficient (Wildman–Crippen LogP) is 3.44. The van der Waals surface area contributed by atoms with Crippen LogP contribution < -0.4 is 4.90 Å². The van der Waals surface area contributed by atoms with Gasteiger partial charge in [0.05, 0.1) is 4.90 Å². The van der Waals surface area contributed by atoms with Crippen LogP contribution in [-0.4, -0.2) is 48.2 Å². The van der Waals surface area contributed by atoms with Crippen LogP contribution in [0.3, 0.4) is 0 Å². The molecule has 7 nitrogen and oxygen atoms in total. The normalized spacial score (nSPS) is 17.4. The van der Waals surface area contributed by atoms with Crippen LogP contribution >= 0.6 is 0 Å². The Labute approximate surface area is 183 Å². The molecule has 2 aliphatic rings. The van der Waals surface area contributed by atoms with Gasteiger partial charge in [-0.2, -0.15) is 4.31 Å². The molecule has 0 spiro atoms. The maximum absolute atomic E-state index is 13.6. The highest BCUT2D eigenvalue weighted by Crippen LogP contribution is 2.35. The Kier molecular flexibility index (Phi) is 5.06. The second-order valence-electron chi connectivity index (χ2n) is 7.93. The van der Waals surface area contributed by atoms with E-state index in [1.54, 1.807) is 11.1 Å². The van der Waals surface area contributed by atoms with Crippen molar-refractivity contribution in [2.24, 2.45) is 0 Å². The van der Waals surface area contributed by atoms with Gasteiger partial charge in [0, 0.05) is 30.7 Å². The number of nitrogens with zero attached hydrogens (tertiary/aromatic N) is 3. The molecule has 1 aromatic carbocycles. The highest BCUT2D eigenvalue weighted by molar-refractivity contribution is 7.89. The van der Waals surface area contributed by atoms with Crippen LogP contribution in [0.1, 0.15) is 24.8 Å². The van der Waals surface area contributed by atoms with Crippen molar-refractivity contribution in [1.29, 1.82) is 0 Å². The SMILES string of the molecule is O=CN(c1cc(C2=CCN(S(=O)(=O)c3ccc(F)c(F)c3)CC2)c2cc[nH]c2n1)C1CC1. The van der Waals surface area contributed by atoms with Crippen molar-refractivity contribution in [3.8, 4) is 0 Å². The highest BCUT2D eigenvalue weighted by Gasteiger charge is 2.31. The van der Waals surface area contributed by atoms with E-state index in [4.69, 9.17) is 0 Å². The lowest BCUT2D eigenvalue weighted by molar-refractivity contribution is -0.107. The van der Waals surface area contributed by atoms with Crippen molar-refractivity contribution < 1.29 is 22.0 Å². The van der Waals surface area contributed by atoms with Gasteiger partial charge in [0.2, 0.25) is 16.4 Å². The van der Waals surface area contributed by atoms with E-state index in [1.165, 1.54) is 4.31 Å². The number of H-pyrrole nitrogens is 1. The van der Waals surface area contributed by atoms with Crippen LogP contribution in [0, 0.1) is 11.6 Å². The second kappa shape index (κ2) is 7.79. The molecule has 32 heavy (non-hydrogen) atoms. The molecule has 1 amide bonds. The zero-order valence-corrected chi connectivity index (χ0v) is 17.8. The Morgan fingerprint density at radius 1 is 1.16 bits per heavy atom. The third-order valence-electron chi connectivity index (χ3n) is 5.88. The minimum Gasteiger partial charge on any atom is -0.346 e. The number of fused-ring (bicyclic) bond motifs is 1. The molecule has 3 aromatic rings. The van der Waals surface area contributed by atoms with E-state index in [0.29, 0.717) is 24.0 Å². The Bertz CT molecular complexity index is 1350. The molecular weight excluding hydrogens is 438 g/mol. The molecule has 0 unspecified atom stereocenters. The number of amides is 1. The second-order valence-corrected chi connectivity index (χ2v) is 9.87. The molecule has 0 radical (unpaired) electrons. The van der Waals surface area contributed by atoms with Gasteiger partial charge >= 0.3 is 0 Å². The first-order chi connectivity index (χ1) is 15.4. The predicted molar refractivity (Wildman–Crippen MR) is 115 cm³/mol. The number of nitrogens with one attached hydrogen (secondary N) is 1. The number of anilines is 1. The number of carbonyl (C=O) groups is 1. The fourth-order valence-corrected chi connectivity index (χ4v) is 5.39. The van der Waals surface area contributed by atoms with Gasteiger partial charge in [-0.15, -0.1) is 0 Å². The first kappa shape index (κ1) is 20.8. The van der Waals surface area contributed by atoms with Gasteiger partial charge in [0.25, 0.3) is 0 Å². The monoisotopic (exact) mass is 458 g/mol. The summed E-state index contributed by atoms with van der Waals surface area (Å²) in [4.78, 5) is 20.6. The maximum Gasteiger partial charge on any atom is 0.243 e. The average Bonchev–Trinajstić information content (AvgIpc) is 3.51. The summed E-state index contributed by atoms with van der Waals surface area (Å²) < 4.78 is 53.8. The van der Waals surface area contributed by atoms with Gasteiger partial charge in [-0.05, 0) is 60.7 Å². The third kappa shape index (κ3) is 3.59. The molecule has 166 valence electrons. The first-order valence-electron chi connectivity index (χ1n) is 10.2. The number of hydrogen-bond donors (Lipinski definition) is 1. The van der Waals surface area contributed by atoms with Gasteiger partial charge in [0.1, 0.15) is 11.5 Å². The number of hydrogen-bond acceptors (Lipinski definition) is 4. The van der Waals surface area contributed by atoms with E-state index >= 15 is 0 Å². The van der Waals surface area contributed by atoms with Crippen molar-refractivity contribution in [2.75, 3.05) is 18.0 Å². The Hall–Kier alpha value is -3.11. The topological polar surface area (TPSA) is 86.4 Å². The summed E-state index contributed by atoms with van der Waals surface area (Å²) in [5.41, 5.74) is 2.49. The van der Waals surface area contributed by atoms with Gasteiger partial charge in [-0.1, -0.05) is 6.08 Å². The minimum absolute atomic E-state index is 0.0975. The molecule has 1 fully saturated rings. The van der Waals surface area contributed by atoms with Crippen molar-refractivity contribution in [3.05, 3.63) is 59.8 Å². The Balaban J connectivity index is 1.46. The zero-order chi connectivity index (χ0) is 22.5. The molecule has 1 aliphatic heterocycles. The van der Waals surface area contributed by atoms with E-state index in [0.717, 1.165) is 47.9 Å². The summed E-state index contributed by atoms with van der Waals surface area (Å²) in [6.07, 6.45) is 6.70. The van der Waals surface area contributed by atoms with Crippen molar-refractivity contribution >= 4 is 38.9 Å². The van der Waals surface area contributed by atoms with Gasteiger partial charge in [-0.3, -0.25) is 9.69 Å². The van der Waals surface area contributed by atoms with Crippen LogP contribution in [0.15, 0.2) is 47.5 Å². The summed E-state index contributed by atoms with van der Waals surface area (Å²) in [6, 6.07) is 6.51. The lowest BCUT2D eigenvalue weighted by atomic mass is 9.98. The number of aromatic amines is 1. The molecule has 1 saturated carbocycles. The number of halogens is 2. The van der Waals surface area contributed by atoms with Crippen molar-refractivity contribution in [1.82, 2.24) is 14.3 Å². The van der Waals surface area contributed by atoms with Gasteiger partial charge in [0.15, 0.2) is 11.6 Å². The fraction of sp³-hybridized carbons (Fsp3) is 0.273. The maximum atomic E-state index is 13.6. The smallest absolute Gasteiger partial charge is 0.243 e.